The van der Waals surface area contributed by atoms with E-state index in [1.807, 2.05) is 0 Å². The lowest BCUT2D eigenvalue weighted by Crippen LogP contribution is -2.20. The smallest absolute Gasteiger partial charge is 0.264 e. The van der Waals surface area contributed by atoms with E-state index in [0.717, 1.165) is 36.9 Å². The van der Waals surface area contributed by atoms with Gasteiger partial charge in [0.25, 0.3) is 5.91 Å². The third kappa shape index (κ3) is 3.36. The second kappa shape index (κ2) is 6.18. The largest absolute Gasteiger partial charge is 0.484 e. The van der Waals surface area contributed by atoms with E-state index >= 15 is 0 Å². The van der Waals surface area contributed by atoms with Gasteiger partial charge in [0.15, 0.2) is 6.61 Å². The Bertz CT molecular complexity index is 637. The zero-order valence-electron chi connectivity index (χ0n) is 11.4. The molecule has 1 aliphatic carbocycles. The van der Waals surface area contributed by atoms with Gasteiger partial charge in [-0.25, -0.2) is 0 Å². The number of ether oxygens (including phenoxy) is 1. The van der Waals surface area contributed by atoms with Crippen LogP contribution in [-0.4, -0.2) is 17.7 Å². The number of nitrogens with one attached hydrogen (secondary N) is 1. The van der Waals surface area contributed by atoms with Crippen molar-refractivity contribution in [1.29, 1.82) is 0 Å². The van der Waals surface area contributed by atoms with Crippen LogP contribution in [0, 0.1) is 0 Å². The first-order valence-electron chi connectivity index (χ1n) is 6.88. The van der Waals surface area contributed by atoms with E-state index in [1.165, 1.54) is 0 Å². The van der Waals surface area contributed by atoms with Crippen LogP contribution in [0.1, 0.15) is 24.1 Å². The van der Waals surface area contributed by atoms with E-state index in [9.17, 15) is 4.79 Å². The molecular formula is C15H15ClN2O3. The Kier molecular flexibility index (Phi) is 4.10. The average molecular weight is 307 g/mol. The number of amides is 1. The maximum atomic E-state index is 11.9. The summed E-state index contributed by atoms with van der Waals surface area (Å²) in [6.07, 6.45) is 4.02. The second-order valence-corrected chi connectivity index (χ2v) is 5.37. The number of rotatable bonds is 4. The maximum Gasteiger partial charge on any atom is 0.264 e. The number of hydrogen-bond donors (Lipinski definition) is 1. The van der Waals surface area contributed by atoms with Crippen LogP contribution in [0.25, 0.3) is 0 Å². The lowest BCUT2D eigenvalue weighted by molar-refractivity contribution is -0.118. The fraction of sp³-hybridized carbons (Fsp3) is 0.333. The standard InChI is InChI=1S/C15H15ClN2O3/c16-10-5-7-11(8-6-10)20-9-14(19)17-15-12-3-1-2-4-13(12)18-21-15/h5-8H,1-4,9H2,(H,17,19). The SMILES string of the molecule is O=C(COc1ccc(Cl)cc1)Nc1onc2c1CCCC2. The topological polar surface area (TPSA) is 64.4 Å². The summed E-state index contributed by atoms with van der Waals surface area (Å²) in [6, 6.07) is 6.85. The molecule has 0 bridgehead atoms. The molecule has 21 heavy (non-hydrogen) atoms. The van der Waals surface area contributed by atoms with Crippen LogP contribution in [-0.2, 0) is 17.6 Å². The summed E-state index contributed by atoms with van der Waals surface area (Å²) >= 11 is 5.78. The van der Waals surface area contributed by atoms with Crippen LogP contribution in [0.2, 0.25) is 5.02 Å². The van der Waals surface area contributed by atoms with E-state index in [0.29, 0.717) is 16.7 Å². The molecule has 0 saturated heterocycles. The molecule has 3 rings (SSSR count). The molecule has 1 aromatic heterocycles. The fourth-order valence-electron chi connectivity index (χ4n) is 2.33. The van der Waals surface area contributed by atoms with E-state index in [1.54, 1.807) is 24.3 Å². The lowest BCUT2D eigenvalue weighted by atomic mass is 9.98. The normalized spacial score (nSPS) is 13.6. The van der Waals surface area contributed by atoms with Crippen LogP contribution in [0.15, 0.2) is 28.8 Å². The fourth-order valence-corrected chi connectivity index (χ4v) is 2.46. The molecule has 0 unspecified atom stereocenters. The maximum absolute atomic E-state index is 11.9. The minimum absolute atomic E-state index is 0.0862. The summed E-state index contributed by atoms with van der Waals surface area (Å²) in [7, 11) is 0. The minimum Gasteiger partial charge on any atom is -0.484 e. The van der Waals surface area contributed by atoms with E-state index in [-0.39, 0.29) is 12.5 Å². The number of anilines is 1. The van der Waals surface area contributed by atoms with Gasteiger partial charge in [-0.3, -0.25) is 10.1 Å². The van der Waals surface area contributed by atoms with E-state index in [2.05, 4.69) is 10.5 Å². The molecule has 1 amide bonds. The van der Waals surface area contributed by atoms with Crippen LogP contribution in [0.3, 0.4) is 0 Å². The van der Waals surface area contributed by atoms with Crippen molar-refractivity contribution in [3.63, 3.8) is 0 Å². The Morgan fingerprint density at radius 1 is 1.29 bits per heavy atom. The van der Waals surface area contributed by atoms with Crippen molar-refractivity contribution in [2.45, 2.75) is 25.7 Å². The van der Waals surface area contributed by atoms with Gasteiger partial charge in [0.2, 0.25) is 5.88 Å². The number of carbonyl (C=O) groups excluding carboxylic acids is 1. The van der Waals surface area contributed by atoms with Crippen molar-refractivity contribution in [3.8, 4) is 5.75 Å². The molecule has 1 heterocycles. The van der Waals surface area contributed by atoms with Crippen molar-refractivity contribution in [2.24, 2.45) is 0 Å². The first kappa shape index (κ1) is 13.9. The van der Waals surface area contributed by atoms with Crippen LogP contribution in [0.5, 0.6) is 5.75 Å². The highest BCUT2D eigenvalue weighted by molar-refractivity contribution is 6.30. The second-order valence-electron chi connectivity index (χ2n) is 4.93. The molecule has 1 aromatic carbocycles. The van der Waals surface area contributed by atoms with Crippen LogP contribution >= 0.6 is 11.6 Å². The Morgan fingerprint density at radius 2 is 2.05 bits per heavy atom. The zero-order chi connectivity index (χ0) is 14.7. The molecule has 0 fully saturated rings. The Balaban J connectivity index is 1.57. The first-order chi connectivity index (χ1) is 10.2. The van der Waals surface area contributed by atoms with Crippen molar-refractivity contribution in [1.82, 2.24) is 5.16 Å². The number of nitrogens with zero attached hydrogens (tertiary/aromatic N) is 1. The van der Waals surface area contributed by atoms with Gasteiger partial charge in [-0.15, -0.1) is 0 Å². The Hall–Kier alpha value is -2.01. The molecule has 0 atom stereocenters. The summed E-state index contributed by atoms with van der Waals surface area (Å²) < 4.78 is 10.6. The number of hydrogen-bond acceptors (Lipinski definition) is 4. The van der Waals surface area contributed by atoms with Gasteiger partial charge >= 0.3 is 0 Å². The number of aromatic nitrogens is 1. The summed E-state index contributed by atoms with van der Waals surface area (Å²) in [6.45, 7) is -0.0862. The molecule has 0 saturated carbocycles. The number of aryl methyl sites for hydroxylation is 1. The summed E-state index contributed by atoms with van der Waals surface area (Å²) in [5.41, 5.74) is 1.97. The molecule has 2 aromatic rings. The molecule has 6 heteroatoms. The molecule has 0 spiro atoms. The molecule has 0 radical (unpaired) electrons. The third-order valence-corrected chi connectivity index (χ3v) is 3.65. The molecule has 0 aliphatic heterocycles. The summed E-state index contributed by atoms with van der Waals surface area (Å²) in [5, 5.41) is 7.33. The highest BCUT2D eigenvalue weighted by Gasteiger charge is 2.20. The van der Waals surface area contributed by atoms with Crippen molar-refractivity contribution < 1.29 is 14.1 Å². The van der Waals surface area contributed by atoms with Crippen molar-refractivity contribution in [3.05, 3.63) is 40.5 Å². The van der Waals surface area contributed by atoms with E-state index < -0.39 is 0 Å². The van der Waals surface area contributed by atoms with Gasteiger partial charge < -0.3 is 9.26 Å². The monoisotopic (exact) mass is 306 g/mol. The predicted octanol–water partition coefficient (Wildman–Crippen LogP) is 3.22. The lowest BCUT2D eigenvalue weighted by Gasteiger charge is -2.10. The quantitative estimate of drug-likeness (QED) is 0.942. The van der Waals surface area contributed by atoms with Crippen LogP contribution < -0.4 is 10.1 Å². The highest BCUT2D eigenvalue weighted by Crippen LogP contribution is 2.27. The van der Waals surface area contributed by atoms with Gasteiger partial charge in [-0.1, -0.05) is 16.8 Å². The number of fused-ring (bicyclic) bond motifs is 1. The van der Waals surface area contributed by atoms with Gasteiger partial charge in [-0.2, -0.15) is 0 Å². The molecule has 5 nitrogen and oxygen atoms in total. The minimum atomic E-state index is -0.269. The van der Waals surface area contributed by atoms with Gasteiger partial charge in [-0.05, 0) is 49.9 Å². The Labute approximate surface area is 127 Å². The van der Waals surface area contributed by atoms with Crippen LogP contribution in [0.4, 0.5) is 5.88 Å². The predicted molar refractivity (Wildman–Crippen MR) is 78.7 cm³/mol. The first-order valence-corrected chi connectivity index (χ1v) is 7.26. The summed E-state index contributed by atoms with van der Waals surface area (Å²) in [5.74, 6) is 0.776. The van der Waals surface area contributed by atoms with Gasteiger partial charge in [0.1, 0.15) is 5.75 Å². The average Bonchev–Trinajstić information content (AvgIpc) is 2.90. The number of benzene rings is 1. The Morgan fingerprint density at radius 3 is 2.86 bits per heavy atom. The third-order valence-electron chi connectivity index (χ3n) is 3.40. The van der Waals surface area contributed by atoms with E-state index in [4.69, 9.17) is 20.9 Å². The van der Waals surface area contributed by atoms with Gasteiger partial charge in [0.05, 0.1) is 5.69 Å². The summed E-state index contributed by atoms with van der Waals surface area (Å²) in [4.78, 5) is 11.9. The highest BCUT2D eigenvalue weighted by atomic mass is 35.5. The molecule has 1 aliphatic rings. The van der Waals surface area contributed by atoms with Crippen molar-refractivity contribution >= 4 is 23.4 Å². The molecule has 1 N–H and O–H groups in total. The number of halogens is 1. The molecule has 110 valence electrons. The molecular weight excluding hydrogens is 292 g/mol. The number of carbonyl (C=O) groups is 1. The van der Waals surface area contributed by atoms with Crippen molar-refractivity contribution in [2.75, 3.05) is 11.9 Å². The van der Waals surface area contributed by atoms with Gasteiger partial charge in [0, 0.05) is 10.6 Å². The zero-order valence-corrected chi connectivity index (χ0v) is 12.2.